The highest BCUT2D eigenvalue weighted by Crippen LogP contribution is 2.42. The molecule has 0 radical (unpaired) electrons. The second-order valence-corrected chi connectivity index (χ2v) is 15.0. The second kappa shape index (κ2) is 12.5. The molecule has 0 aliphatic carbocycles. The van der Waals surface area contributed by atoms with E-state index in [1.165, 1.54) is 24.3 Å². The van der Waals surface area contributed by atoms with Crippen LogP contribution in [0.1, 0.15) is 22.3 Å². The molecule has 17 heteroatoms. The Hall–Kier alpha value is -5.97. The zero-order chi connectivity index (χ0) is 41.0. The SMILES string of the molecule is O=S(=O)(c1ccc(-n2c3cc(C(F)(F)F)ccc3c3ccc(C(F)(F)F)cc32)cc1)c1ccc(-n2c3cc(C(F)(F)F)ccc3c3ccc(C(F)(F)F)cc32)cc1. The lowest BCUT2D eigenvalue weighted by Crippen LogP contribution is -2.06. The zero-order valence-electron chi connectivity index (χ0n) is 28.2. The molecule has 0 saturated heterocycles. The van der Waals surface area contributed by atoms with E-state index in [0.29, 0.717) is 0 Å². The molecule has 0 atom stereocenters. The van der Waals surface area contributed by atoms with Crippen LogP contribution in [0.25, 0.3) is 55.0 Å². The van der Waals surface area contributed by atoms with Gasteiger partial charge < -0.3 is 9.13 Å². The number of alkyl halides is 12. The first kappa shape index (κ1) is 37.9. The molecular weight excluding hydrogens is 800 g/mol. The molecule has 8 rings (SSSR count). The van der Waals surface area contributed by atoms with E-state index in [1.807, 2.05) is 0 Å². The van der Waals surface area contributed by atoms with Crippen molar-refractivity contribution >= 4 is 53.4 Å². The first-order chi connectivity index (χ1) is 26.5. The quantitative estimate of drug-likeness (QED) is 0.166. The van der Waals surface area contributed by atoms with E-state index in [1.54, 1.807) is 0 Å². The third kappa shape index (κ3) is 6.42. The molecule has 8 aromatic rings. The van der Waals surface area contributed by atoms with Gasteiger partial charge in [0, 0.05) is 32.9 Å². The lowest BCUT2D eigenvalue weighted by Gasteiger charge is -2.13. The molecule has 0 saturated carbocycles. The van der Waals surface area contributed by atoms with Gasteiger partial charge in [-0.3, -0.25) is 0 Å². The molecule has 0 bridgehead atoms. The van der Waals surface area contributed by atoms with Crippen LogP contribution in [-0.4, -0.2) is 17.6 Å². The largest absolute Gasteiger partial charge is 0.416 e. The molecule has 6 aromatic carbocycles. The van der Waals surface area contributed by atoms with Crippen LogP contribution in [0, 0.1) is 0 Å². The Bertz CT molecular complexity index is 2670. The highest BCUT2D eigenvalue weighted by atomic mass is 32.2. The second-order valence-electron chi connectivity index (χ2n) is 13.1. The summed E-state index contributed by atoms with van der Waals surface area (Å²) in [6.45, 7) is 0. The van der Waals surface area contributed by atoms with Gasteiger partial charge in [0.2, 0.25) is 9.84 Å². The summed E-state index contributed by atoms with van der Waals surface area (Å²) >= 11 is 0. The highest BCUT2D eigenvalue weighted by Gasteiger charge is 2.35. The number of benzene rings is 6. The number of rotatable bonds is 4. The third-order valence-electron chi connectivity index (χ3n) is 9.65. The fourth-order valence-electron chi connectivity index (χ4n) is 6.98. The summed E-state index contributed by atoms with van der Waals surface area (Å²) in [6, 6.07) is 20.1. The topological polar surface area (TPSA) is 44.0 Å². The van der Waals surface area contributed by atoms with Crippen molar-refractivity contribution in [1.82, 2.24) is 9.13 Å². The van der Waals surface area contributed by atoms with Crippen LogP contribution in [0.2, 0.25) is 0 Å². The van der Waals surface area contributed by atoms with Crippen LogP contribution in [0.15, 0.2) is 131 Å². The average Bonchev–Trinajstić information content (AvgIpc) is 3.65. The number of halogens is 12. The summed E-state index contributed by atoms with van der Waals surface area (Å²) < 4.78 is 195. The Labute approximate surface area is 312 Å². The normalized spacial score (nSPS) is 13.4. The molecule has 2 heterocycles. The van der Waals surface area contributed by atoms with Crippen molar-refractivity contribution in [3.05, 3.63) is 144 Å². The van der Waals surface area contributed by atoms with Crippen LogP contribution >= 0.6 is 0 Å². The maximum absolute atomic E-state index is 13.8. The Balaban J connectivity index is 1.22. The van der Waals surface area contributed by atoms with Gasteiger partial charge in [0.15, 0.2) is 0 Å². The molecule has 57 heavy (non-hydrogen) atoms. The van der Waals surface area contributed by atoms with Gasteiger partial charge in [-0.15, -0.1) is 0 Å². The molecule has 0 spiro atoms. The number of sulfone groups is 1. The smallest absolute Gasteiger partial charge is 0.309 e. The predicted molar refractivity (Wildman–Crippen MR) is 187 cm³/mol. The number of nitrogens with zero attached hydrogens (tertiary/aromatic N) is 2. The van der Waals surface area contributed by atoms with Crippen molar-refractivity contribution in [2.24, 2.45) is 0 Å². The van der Waals surface area contributed by atoms with Crippen LogP contribution in [0.3, 0.4) is 0 Å². The van der Waals surface area contributed by atoms with Crippen molar-refractivity contribution in [3.63, 3.8) is 0 Å². The molecule has 2 aromatic heterocycles. The lowest BCUT2D eigenvalue weighted by molar-refractivity contribution is -0.138. The maximum Gasteiger partial charge on any atom is 0.416 e. The first-order valence-electron chi connectivity index (χ1n) is 16.4. The molecule has 0 N–H and O–H groups in total. The van der Waals surface area contributed by atoms with Gasteiger partial charge in [-0.2, -0.15) is 52.7 Å². The van der Waals surface area contributed by atoms with Crippen LogP contribution < -0.4 is 0 Å². The minimum atomic E-state index is -4.79. The molecular formula is C40H20F12N2O2S. The average molecular weight is 821 g/mol. The molecule has 0 fully saturated rings. The van der Waals surface area contributed by atoms with E-state index in [-0.39, 0.29) is 64.8 Å². The van der Waals surface area contributed by atoms with E-state index in [0.717, 1.165) is 106 Å². The maximum atomic E-state index is 13.8. The van der Waals surface area contributed by atoms with Gasteiger partial charge in [-0.25, -0.2) is 8.42 Å². The van der Waals surface area contributed by atoms with Crippen molar-refractivity contribution in [3.8, 4) is 11.4 Å². The third-order valence-corrected chi connectivity index (χ3v) is 11.4. The van der Waals surface area contributed by atoms with Crippen LogP contribution in [0.5, 0.6) is 0 Å². The van der Waals surface area contributed by atoms with E-state index in [2.05, 4.69) is 0 Å². The zero-order valence-corrected chi connectivity index (χ0v) is 29.0. The lowest BCUT2D eigenvalue weighted by atomic mass is 10.1. The van der Waals surface area contributed by atoms with Crippen LogP contribution in [-0.2, 0) is 34.5 Å². The van der Waals surface area contributed by atoms with Crippen molar-refractivity contribution in [2.75, 3.05) is 0 Å². The summed E-state index contributed by atoms with van der Waals surface area (Å²) in [4.78, 5) is -0.679. The standard InChI is InChI=1S/C40H20F12N2O2S/c41-37(42,43)21-1-13-29-30-14-2-22(38(44,45)46)18-34(30)53(33(29)17-21)25-5-9-27(10-6-25)57(55,56)28-11-7-26(8-12-28)54-35-19-23(39(47,48)49)3-15-31(35)32-16-4-24(20-36(32)54)40(50,51)52/h1-20H. The first-order valence-corrected chi connectivity index (χ1v) is 17.9. The number of aromatic nitrogens is 2. The van der Waals surface area contributed by atoms with Gasteiger partial charge >= 0.3 is 24.7 Å². The summed E-state index contributed by atoms with van der Waals surface area (Å²) in [7, 11) is -4.40. The van der Waals surface area contributed by atoms with Gasteiger partial charge in [0.1, 0.15) is 0 Å². The van der Waals surface area contributed by atoms with E-state index >= 15 is 0 Å². The fourth-order valence-corrected chi connectivity index (χ4v) is 8.24. The van der Waals surface area contributed by atoms with Gasteiger partial charge in [-0.05, 0) is 97.1 Å². The van der Waals surface area contributed by atoms with Gasteiger partial charge in [0.25, 0.3) is 0 Å². The van der Waals surface area contributed by atoms with E-state index in [9.17, 15) is 61.1 Å². The molecule has 0 amide bonds. The molecule has 0 aliphatic heterocycles. The number of fused-ring (bicyclic) bond motifs is 6. The fraction of sp³-hybridized carbons (Fsp3) is 0.100. The number of hydrogen-bond donors (Lipinski definition) is 0. The predicted octanol–water partition coefficient (Wildman–Crippen LogP) is 12.8. The molecule has 4 nitrogen and oxygen atoms in total. The van der Waals surface area contributed by atoms with Crippen molar-refractivity contribution in [1.29, 1.82) is 0 Å². The van der Waals surface area contributed by atoms with Crippen molar-refractivity contribution in [2.45, 2.75) is 34.5 Å². The summed E-state index contributed by atoms with van der Waals surface area (Å²) in [6.07, 6.45) is -19.2. The Kier molecular flexibility index (Phi) is 8.33. The minimum Gasteiger partial charge on any atom is -0.309 e. The summed E-state index contributed by atoms with van der Waals surface area (Å²) in [5.41, 5.74) is -4.60. The minimum absolute atomic E-state index is 0.0331. The van der Waals surface area contributed by atoms with E-state index < -0.39 is 56.8 Å². The summed E-state index contributed by atoms with van der Waals surface area (Å²) in [5.74, 6) is 0. The molecule has 0 aliphatic rings. The molecule has 0 unspecified atom stereocenters. The molecule has 292 valence electrons. The van der Waals surface area contributed by atoms with Crippen molar-refractivity contribution < 1.29 is 61.1 Å². The highest BCUT2D eigenvalue weighted by molar-refractivity contribution is 7.91. The Morgan fingerprint density at radius 3 is 0.772 bits per heavy atom. The van der Waals surface area contributed by atoms with Gasteiger partial charge in [0.05, 0.1) is 54.1 Å². The van der Waals surface area contributed by atoms with Gasteiger partial charge in [-0.1, -0.05) is 24.3 Å². The monoisotopic (exact) mass is 820 g/mol. The van der Waals surface area contributed by atoms with Crippen LogP contribution in [0.4, 0.5) is 52.7 Å². The van der Waals surface area contributed by atoms with E-state index in [4.69, 9.17) is 0 Å². The number of hydrogen-bond acceptors (Lipinski definition) is 2. The Morgan fingerprint density at radius 1 is 0.333 bits per heavy atom. The Morgan fingerprint density at radius 2 is 0.561 bits per heavy atom. The summed E-state index contributed by atoms with van der Waals surface area (Å²) in [5, 5.41) is 0.819.